The molecule has 0 aliphatic heterocycles. The first-order chi connectivity index (χ1) is 9.27. The van der Waals surface area contributed by atoms with Gasteiger partial charge in [0.1, 0.15) is 5.82 Å². The maximum Gasteiger partial charge on any atom is 0.126 e. The molecular formula is C16H26FNO. The smallest absolute Gasteiger partial charge is 0.126 e. The first-order valence-corrected chi connectivity index (χ1v) is 7.32. The lowest BCUT2D eigenvalue weighted by Crippen LogP contribution is -2.33. The molecule has 19 heavy (non-hydrogen) atoms. The van der Waals surface area contributed by atoms with Crippen LogP contribution in [0.25, 0.3) is 0 Å². The van der Waals surface area contributed by atoms with Gasteiger partial charge in [-0.15, -0.1) is 0 Å². The molecule has 0 bridgehead atoms. The topological polar surface area (TPSA) is 21.3 Å². The van der Waals surface area contributed by atoms with Crippen molar-refractivity contribution in [3.8, 4) is 0 Å². The molecule has 0 radical (unpaired) electrons. The number of ether oxygens (including phenoxy) is 1. The first-order valence-electron chi connectivity index (χ1n) is 7.32. The van der Waals surface area contributed by atoms with Gasteiger partial charge in [-0.3, -0.25) is 0 Å². The number of halogens is 1. The van der Waals surface area contributed by atoms with E-state index in [2.05, 4.69) is 19.2 Å². The van der Waals surface area contributed by atoms with E-state index in [1.807, 2.05) is 12.1 Å². The van der Waals surface area contributed by atoms with E-state index < -0.39 is 0 Å². The molecule has 0 saturated heterocycles. The molecule has 0 aliphatic rings. The third kappa shape index (κ3) is 6.69. The van der Waals surface area contributed by atoms with Crippen molar-refractivity contribution < 1.29 is 9.13 Å². The van der Waals surface area contributed by atoms with E-state index in [-0.39, 0.29) is 11.9 Å². The Balaban J connectivity index is 2.46. The van der Waals surface area contributed by atoms with Crippen LogP contribution in [-0.2, 0) is 11.2 Å². The molecular weight excluding hydrogens is 241 g/mol. The minimum Gasteiger partial charge on any atom is -0.381 e. The van der Waals surface area contributed by atoms with Crippen LogP contribution in [0.2, 0.25) is 0 Å². The highest BCUT2D eigenvalue weighted by atomic mass is 19.1. The maximum absolute atomic E-state index is 13.7. The molecule has 0 fully saturated rings. The van der Waals surface area contributed by atoms with Gasteiger partial charge in [0.05, 0.1) is 0 Å². The number of benzene rings is 1. The molecule has 0 aromatic heterocycles. The van der Waals surface area contributed by atoms with Crippen LogP contribution in [0.5, 0.6) is 0 Å². The normalized spacial score (nSPS) is 12.6. The van der Waals surface area contributed by atoms with Gasteiger partial charge in [0.25, 0.3) is 0 Å². The molecule has 1 atom stereocenters. The molecule has 1 aromatic carbocycles. The minimum absolute atomic E-state index is 0.111. The van der Waals surface area contributed by atoms with E-state index in [0.717, 1.165) is 51.0 Å². The van der Waals surface area contributed by atoms with Gasteiger partial charge in [-0.25, -0.2) is 4.39 Å². The molecule has 1 unspecified atom stereocenters. The quantitative estimate of drug-likeness (QED) is 0.655. The van der Waals surface area contributed by atoms with E-state index in [4.69, 9.17) is 4.74 Å². The fraction of sp³-hybridized carbons (Fsp3) is 0.625. The standard InChI is InChI=1S/C16H26FNO/c1-3-10-18-15(9-12-19-11-4-2)13-14-7-5-6-8-16(14)17/h5-8,15,18H,3-4,9-13H2,1-2H3. The number of nitrogens with one attached hydrogen (secondary N) is 1. The molecule has 1 N–H and O–H groups in total. The van der Waals surface area contributed by atoms with E-state index in [1.54, 1.807) is 6.07 Å². The Kier molecular flexibility index (Phi) is 8.43. The Morgan fingerprint density at radius 3 is 2.63 bits per heavy atom. The fourth-order valence-corrected chi connectivity index (χ4v) is 2.03. The van der Waals surface area contributed by atoms with Crippen molar-refractivity contribution in [3.63, 3.8) is 0 Å². The summed E-state index contributed by atoms with van der Waals surface area (Å²) in [5, 5.41) is 3.48. The van der Waals surface area contributed by atoms with E-state index in [1.165, 1.54) is 6.07 Å². The van der Waals surface area contributed by atoms with Crippen molar-refractivity contribution in [2.24, 2.45) is 0 Å². The molecule has 0 amide bonds. The van der Waals surface area contributed by atoms with Gasteiger partial charge in [-0.2, -0.15) is 0 Å². The van der Waals surface area contributed by atoms with Crippen LogP contribution in [-0.4, -0.2) is 25.8 Å². The highest BCUT2D eigenvalue weighted by Crippen LogP contribution is 2.11. The second-order valence-corrected chi connectivity index (χ2v) is 4.85. The molecule has 1 rings (SSSR count). The molecule has 2 nitrogen and oxygen atoms in total. The first kappa shape index (κ1) is 16.1. The van der Waals surface area contributed by atoms with E-state index >= 15 is 0 Å². The monoisotopic (exact) mass is 267 g/mol. The van der Waals surface area contributed by atoms with Gasteiger partial charge in [-0.1, -0.05) is 32.0 Å². The summed E-state index contributed by atoms with van der Waals surface area (Å²) >= 11 is 0. The predicted molar refractivity (Wildman–Crippen MR) is 77.9 cm³/mol. The Morgan fingerprint density at radius 2 is 1.95 bits per heavy atom. The summed E-state index contributed by atoms with van der Waals surface area (Å²) in [5.41, 5.74) is 0.784. The SMILES string of the molecule is CCCNC(CCOCCC)Cc1ccccc1F. The average Bonchev–Trinajstić information content (AvgIpc) is 2.43. The van der Waals surface area contributed by atoms with Gasteiger partial charge in [0.15, 0.2) is 0 Å². The highest BCUT2D eigenvalue weighted by Gasteiger charge is 2.11. The second kappa shape index (κ2) is 9.93. The zero-order valence-electron chi connectivity index (χ0n) is 12.1. The molecule has 0 heterocycles. The Morgan fingerprint density at radius 1 is 1.16 bits per heavy atom. The third-order valence-electron chi connectivity index (χ3n) is 3.07. The van der Waals surface area contributed by atoms with Crippen molar-refractivity contribution in [2.75, 3.05) is 19.8 Å². The molecule has 108 valence electrons. The highest BCUT2D eigenvalue weighted by molar-refractivity contribution is 5.18. The summed E-state index contributed by atoms with van der Waals surface area (Å²) in [5.74, 6) is -0.111. The molecule has 0 saturated carbocycles. The van der Waals surface area contributed by atoms with Crippen LogP contribution < -0.4 is 5.32 Å². The number of hydrogen-bond donors (Lipinski definition) is 1. The van der Waals surface area contributed by atoms with Gasteiger partial charge in [-0.05, 0) is 43.9 Å². The third-order valence-corrected chi connectivity index (χ3v) is 3.07. The summed E-state index contributed by atoms with van der Waals surface area (Å²) < 4.78 is 19.2. The predicted octanol–water partition coefficient (Wildman–Crippen LogP) is 3.55. The summed E-state index contributed by atoms with van der Waals surface area (Å²) in [6.45, 7) is 6.75. The average molecular weight is 267 g/mol. The summed E-state index contributed by atoms with van der Waals surface area (Å²) in [6.07, 6.45) is 3.78. The van der Waals surface area contributed by atoms with Gasteiger partial charge < -0.3 is 10.1 Å². The molecule has 1 aromatic rings. The Hall–Kier alpha value is -0.930. The molecule has 3 heteroatoms. The zero-order chi connectivity index (χ0) is 13.9. The molecule has 0 aliphatic carbocycles. The summed E-state index contributed by atoms with van der Waals surface area (Å²) in [7, 11) is 0. The van der Waals surface area contributed by atoms with E-state index in [0.29, 0.717) is 0 Å². The fourth-order valence-electron chi connectivity index (χ4n) is 2.03. The van der Waals surface area contributed by atoms with Crippen LogP contribution in [0.4, 0.5) is 4.39 Å². The Labute approximate surface area is 116 Å². The van der Waals surface area contributed by atoms with Crippen molar-refractivity contribution in [2.45, 2.75) is 45.6 Å². The van der Waals surface area contributed by atoms with Crippen LogP contribution >= 0.6 is 0 Å². The largest absolute Gasteiger partial charge is 0.381 e. The molecule has 0 spiro atoms. The van der Waals surface area contributed by atoms with Crippen molar-refractivity contribution in [1.29, 1.82) is 0 Å². The van der Waals surface area contributed by atoms with Crippen LogP contribution in [0.3, 0.4) is 0 Å². The lowest BCUT2D eigenvalue weighted by Gasteiger charge is -2.19. The second-order valence-electron chi connectivity index (χ2n) is 4.85. The minimum atomic E-state index is -0.111. The zero-order valence-corrected chi connectivity index (χ0v) is 12.1. The van der Waals surface area contributed by atoms with Crippen LogP contribution in [0.15, 0.2) is 24.3 Å². The van der Waals surface area contributed by atoms with Gasteiger partial charge in [0.2, 0.25) is 0 Å². The Bertz CT molecular complexity index is 343. The van der Waals surface area contributed by atoms with Crippen molar-refractivity contribution in [3.05, 3.63) is 35.6 Å². The lowest BCUT2D eigenvalue weighted by atomic mass is 10.0. The lowest BCUT2D eigenvalue weighted by molar-refractivity contribution is 0.124. The van der Waals surface area contributed by atoms with Crippen LogP contribution in [0, 0.1) is 5.82 Å². The summed E-state index contributed by atoms with van der Waals surface area (Å²) in [4.78, 5) is 0. The van der Waals surface area contributed by atoms with Crippen molar-refractivity contribution in [1.82, 2.24) is 5.32 Å². The van der Waals surface area contributed by atoms with Crippen LogP contribution in [0.1, 0.15) is 38.7 Å². The van der Waals surface area contributed by atoms with E-state index in [9.17, 15) is 4.39 Å². The summed E-state index contributed by atoms with van der Waals surface area (Å²) in [6, 6.07) is 7.30. The number of rotatable bonds is 10. The van der Waals surface area contributed by atoms with Gasteiger partial charge in [0, 0.05) is 19.3 Å². The maximum atomic E-state index is 13.7. The van der Waals surface area contributed by atoms with Gasteiger partial charge >= 0.3 is 0 Å². The number of hydrogen-bond acceptors (Lipinski definition) is 2. The van der Waals surface area contributed by atoms with Crippen molar-refractivity contribution >= 4 is 0 Å².